The fourth-order valence-corrected chi connectivity index (χ4v) is 1.69. The van der Waals surface area contributed by atoms with Gasteiger partial charge >= 0.3 is 0 Å². The number of nitrogens with zero attached hydrogens (tertiary/aromatic N) is 1. The average molecular weight is 266 g/mol. The molecule has 0 bridgehead atoms. The summed E-state index contributed by atoms with van der Waals surface area (Å²) in [7, 11) is 4.73. The molecule has 0 aromatic heterocycles. The number of hydrogen-bond donors (Lipinski definition) is 0. The van der Waals surface area contributed by atoms with Crippen LogP contribution in [0.4, 0.5) is 0 Å². The Morgan fingerprint density at radius 2 is 1.07 bits per heavy atom. The summed E-state index contributed by atoms with van der Waals surface area (Å²) in [6, 6.07) is 0. The molecule has 0 N–H and O–H groups in total. The molecular formula is C12H28BrN. The van der Waals surface area contributed by atoms with Crippen molar-refractivity contribution < 1.29 is 21.5 Å². The lowest BCUT2D eigenvalue weighted by atomic mass is 10.2. The van der Waals surface area contributed by atoms with E-state index < -0.39 is 0 Å². The Kier molecular flexibility index (Phi) is 12.0. The number of halogens is 1. The Balaban J connectivity index is 0. The summed E-state index contributed by atoms with van der Waals surface area (Å²) in [6.45, 7) is 7.27. The quantitative estimate of drug-likeness (QED) is 0.442. The molecule has 0 saturated carbocycles. The van der Waals surface area contributed by atoms with Gasteiger partial charge < -0.3 is 21.5 Å². The molecule has 0 radical (unpaired) electrons. The molecule has 14 heavy (non-hydrogen) atoms. The first-order chi connectivity index (χ1) is 6.12. The number of unbranched alkanes of at least 4 members (excludes halogenated alkanes) is 4. The smallest absolute Gasteiger partial charge is 0.0782 e. The van der Waals surface area contributed by atoms with Crippen molar-refractivity contribution in [2.24, 2.45) is 0 Å². The first-order valence-electron chi connectivity index (χ1n) is 5.94. The van der Waals surface area contributed by atoms with Crippen LogP contribution in [0.3, 0.4) is 0 Å². The predicted octanol–water partition coefficient (Wildman–Crippen LogP) is 0.447. The molecule has 0 atom stereocenters. The van der Waals surface area contributed by atoms with Gasteiger partial charge in [-0.25, -0.2) is 0 Å². The van der Waals surface area contributed by atoms with Crippen LogP contribution < -0.4 is 17.0 Å². The Morgan fingerprint density at radius 3 is 1.36 bits per heavy atom. The van der Waals surface area contributed by atoms with Crippen molar-refractivity contribution >= 4 is 0 Å². The summed E-state index contributed by atoms with van der Waals surface area (Å²) in [5, 5.41) is 0. The van der Waals surface area contributed by atoms with E-state index in [1.54, 1.807) is 0 Å². The van der Waals surface area contributed by atoms with Gasteiger partial charge in [-0.15, -0.1) is 0 Å². The lowest BCUT2D eigenvalue weighted by Gasteiger charge is -2.29. The van der Waals surface area contributed by atoms with E-state index in [0.29, 0.717) is 0 Å². The van der Waals surface area contributed by atoms with Crippen molar-refractivity contribution in [2.75, 3.05) is 27.2 Å². The van der Waals surface area contributed by atoms with Crippen molar-refractivity contribution in [3.05, 3.63) is 0 Å². The lowest BCUT2D eigenvalue weighted by molar-refractivity contribution is -0.890. The minimum atomic E-state index is 0. The second-order valence-electron chi connectivity index (χ2n) is 4.80. The van der Waals surface area contributed by atoms with Gasteiger partial charge in [-0.3, -0.25) is 0 Å². The van der Waals surface area contributed by atoms with Gasteiger partial charge in [0.05, 0.1) is 27.2 Å². The van der Waals surface area contributed by atoms with Crippen molar-refractivity contribution in [2.45, 2.75) is 52.4 Å². The van der Waals surface area contributed by atoms with E-state index in [1.165, 1.54) is 56.1 Å². The normalized spacial score (nSPS) is 11.1. The fraction of sp³-hybridized carbons (Fsp3) is 1.00. The SMILES string of the molecule is CCCCC[N+](C)(C)CCCCC.[Br-]. The van der Waals surface area contributed by atoms with Crippen LogP contribution in [0, 0.1) is 0 Å². The van der Waals surface area contributed by atoms with Gasteiger partial charge in [0.15, 0.2) is 0 Å². The highest BCUT2D eigenvalue weighted by Crippen LogP contribution is 2.06. The average Bonchev–Trinajstić information content (AvgIpc) is 2.05. The molecule has 0 aliphatic heterocycles. The highest BCUT2D eigenvalue weighted by Gasteiger charge is 2.12. The summed E-state index contributed by atoms with van der Waals surface area (Å²) >= 11 is 0. The highest BCUT2D eigenvalue weighted by molar-refractivity contribution is 4.41. The number of hydrogen-bond acceptors (Lipinski definition) is 0. The summed E-state index contributed by atoms with van der Waals surface area (Å²) in [5.74, 6) is 0. The van der Waals surface area contributed by atoms with Gasteiger partial charge in [-0.2, -0.15) is 0 Å². The standard InChI is InChI=1S/C12H28N.BrH/c1-5-7-9-11-13(3,4)12-10-8-6-2;/h5-12H2,1-4H3;1H/q+1;/p-1. The van der Waals surface area contributed by atoms with Crippen LogP contribution >= 0.6 is 0 Å². The number of quaternary nitrogens is 1. The molecule has 1 nitrogen and oxygen atoms in total. The Morgan fingerprint density at radius 1 is 0.714 bits per heavy atom. The Bertz CT molecular complexity index is 101. The van der Waals surface area contributed by atoms with Gasteiger partial charge in [-0.1, -0.05) is 26.7 Å². The minimum Gasteiger partial charge on any atom is -1.00 e. The fourth-order valence-electron chi connectivity index (χ4n) is 1.69. The van der Waals surface area contributed by atoms with Crippen LogP contribution in [-0.2, 0) is 0 Å². The maximum Gasteiger partial charge on any atom is 0.0782 e. The van der Waals surface area contributed by atoms with Gasteiger partial charge in [0.2, 0.25) is 0 Å². The third-order valence-corrected chi connectivity index (χ3v) is 2.73. The molecule has 0 aromatic rings. The Hall–Kier alpha value is 0.440. The van der Waals surface area contributed by atoms with Gasteiger partial charge in [0.1, 0.15) is 0 Å². The monoisotopic (exact) mass is 265 g/mol. The molecule has 0 spiro atoms. The molecule has 2 heteroatoms. The molecule has 0 heterocycles. The van der Waals surface area contributed by atoms with E-state index in [4.69, 9.17) is 0 Å². The predicted molar refractivity (Wildman–Crippen MR) is 60.9 cm³/mol. The van der Waals surface area contributed by atoms with E-state index >= 15 is 0 Å². The van der Waals surface area contributed by atoms with Gasteiger partial charge in [0.25, 0.3) is 0 Å². The summed E-state index contributed by atoms with van der Waals surface area (Å²) in [5.41, 5.74) is 0. The number of rotatable bonds is 8. The zero-order valence-electron chi connectivity index (χ0n) is 10.5. The molecule has 0 amide bonds. The largest absolute Gasteiger partial charge is 1.00 e. The van der Waals surface area contributed by atoms with E-state index in [9.17, 15) is 0 Å². The zero-order chi connectivity index (χ0) is 10.2. The second-order valence-corrected chi connectivity index (χ2v) is 4.80. The molecule has 88 valence electrons. The third-order valence-electron chi connectivity index (χ3n) is 2.73. The van der Waals surface area contributed by atoms with Crippen molar-refractivity contribution in [3.63, 3.8) is 0 Å². The van der Waals surface area contributed by atoms with Crippen LogP contribution in [0.25, 0.3) is 0 Å². The van der Waals surface area contributed by atoms with Crippen molar-refractivity contribution in [3.8, 4) is 0 Å². The zero-order valence-corrected chi connectivity index (χ0v) is 12.1. The van der Waals surface area contributed by atoms with Gasteiger partial charge in [-0.05, 0) is 25.7 Å². The molecule has 0 aliphatic rings. The lowest BCUT2D eigenvalue weighted by Crippen LogP contribution is -3.00. The van der Waals surface area contributed by atoms with E-state index in [-0.39, 0.29) is 17.0 Å². The molecule has 0 rings (SSSR count). The summed E-state index contributed by atoms with van der Waals surface area (Å²) in [6.07, 6.45) is 8.28. The molecule has 0 fully saturated rings. The first kappa shape index (κ1) is 16.9. The molecule has 0 aromatic carbocycles. The second kappa shape index (κ2) is 9.97. The van der Waals surface area contributed by atoms with Crippen LogP contribution in [-0.4, -0.2) is 31.7 Å². The maximum atomic E-state index is 2.37. The minimum absolute atomic E-state index is 0. The van der Waals surface area contributed by atoms with Crippen LogP contribution in [0.2, 0.25) is 0 Å². The van der Waals surface area contributed by atoms with Crippen LogP contribution in [0.15, 0.2) is 0 Å². The molecular weight excluding hydrogens is 238 g/mol. The van der Waals surface area contributed by atoms with Crippen LogP contribution in [0.1, 0.15) is 52.4 Å². The molecule has 0 saturated heterocycles. The van der Waals surface area contributed by atoms with Crippen molar-refractivity contribution in [1.29, 1.82) is 0 Å². The van der Waals surface area contributed by atoms with E-state index in [1.807, 2.05) is 0 Å². The summed E-state index contributed by atoms with van der Waals surface area (Å²) in [4.78, 5) is 0. The first-order valence-corrected chi connectivity index (χ1v) is 5.94. The van der Waals surface area contributed by atoms with E-state index in [0.717, 1.165) is 0 Å². The van der Waals surface area contributed by atoms with Crippen molar-refractivity contribution in [1.82, 2.24) is 0 Å². The van der Waals surface area contributed by atoms with E-state index in [2.05, 4.69) is 27.9 Å². The molecule has 0 aliphatic carbocycles. The maximum absolute atomic E-state index is 2.37. The summed E-state index contributed by atoms with van der Waals surface area (Å²) < 4.78 is 1.22. The molecule has 0 unspecified atom stereocenters. The third kappa shape index (κ3) is 10.5. The Labute approximate surface area is 101 Å². The van der Waals surface area contributed by atoms with Crippen LogP contribution in [0.5, 0.6) is 0 Å². The highest BCUT2D eigenvalue weighted by atomic mass is 79.9. The van der Waals surface area contributed by atoms with Gasteiger partial charge in [0, 0.05) is 0 Å². The topological polar surface area (TPSA) is 0 Å².